The van der Waals surface area contributed by atoms with Gasteiger partial charge < -0.3 is 15.4 Å². The zero-order valence-electron chi connectivity index (χ0n) is 12.7. The number of hydrogen-bond donors (Lipinski definition) is 2. The van der Waals surface area contributed by atoms with Crippen LogP contribution >= 0.6 is 0 Å². The van der Waals surface area contributed by atoms with Gasteiger partial charge in [0.15, 0.2) is 5.96 Å². The van der Waals surface area contributed by atoms with Crippen molar-refractivity contribution >= 4 is 15.8 Å². The fourth-order valence-corrected chi connectivity index (χ4v) is 2.46. The number of aliphatic imine (C=N–C) groups is 1. The van der Waals surface area contributed by atoms with E-state index in [-0.39, 0.29) is 5.75 Å². The van der Waals surface area contributed by atoms with Gasteiger partial charge in [-0.25, -0.2) is 8.42 Å². The van der Waals surface area contributed by atoms with Gasteiger partial charge in [0.1, 0.15) is 15.6 Å². The number of methoxy groups -OCH3 is 1. The van der Waals surface area contributed by atoms with E-state index in [9.17, 15) is 8.42 Å². The first-order chi connectivity index (χ1) is 9.96. The second-order valence-corrected chi connectivity index (χ2v) is 6.91. The van der Waals surface area contributed by atoms with Gasteiger partial charge >= 0.3 is 0 Å². The first-order valence-corrected chi connectivity index (χ1v) is 8.76. The summed E-state index contributed by atoms with van der Waals surface area (Å²) in [5, 5.41) is 6.25. The molecule has 0 radical (unpaired) electrons. The van der Waals surface area contributed by atoms with Crippen molar-refractivity contribution in [2.45, 2.75) is 13.0 Å². The molecule has 0 heterocycles. The molecule has 0 spiro atoms. The number of guanidine groups is 1. The van der Waals surface area contributed by atoms with Crippen LogP contribution in [0.1, 0.15) is 12.0 Å². The average molecular weight is 313 g/mol. The van der Waals surface area contributed by atoms with E-state index in [0.29, 0.717) is 25.5 Å². The average Bonchev–Trinajstić information content (AvgIpc) is 2.45. The molecule has 1 aromatic rings. The molecule has 0 fully saturated rings. The number of nitrogens with zero attached hydrogens (tertiary/aromatic N) is 1. The molecule has 0 aliphatic heterocycles. The molecule has 0 aliphatic carbocycles. The zero-order chi connectivity index (χ0) is 15.7. The number of hydrogen-bond acceptors (Lipinski definition) is 4. The molecule has 118 valence electrons. The maximum absolute atomic E-state index is 11.0. The van der Waals surface area contributed by atoms with Gasteiger partial charge in [-0.3, -0.25) is 4.99 Å². The van der Waals surface area contributed by atoms with Crippen molar-refractivity contribution in [1.82, 2.24) is 10.6 Å². The Morgan fingerprint density at radius 1 is 1.29 bits per heavy atom. The van der Waals surface area contributed by atoms with E-state index in [2.05, 4.69) is 15.6 Å². The minimum absolute atomic E-state index is 0.170. The molecule has 0 amide bonds. The van der Waals surface area contributed by atoms with Crippen LogP contribution in [-0.4, -0.2) is 47.1 Å². The summed E-state index contributed by atoms with van der Waals surface area (Å²) in [6.45, 7) is 1.13. The first kappa shape index (κ1) is 17.3. The van der Waals surface area contributed by atoms with Gasteiger partial charge in [0.25, 0.3) is 0 Å². The van der Waals surface area contributed by atoms with Gasteiger partial charge in [0.05, 0.1) is 12.9 Å². The maximum atomic E-state index is 11.0. The maximum Gasteiger partial charge on any atom is 0.191 e. The molecule has 7 heteroatoms. The molecule has 1 rings (SSSR count). The molecular formula is C14H23N3O3S. The van der Waals surface area contributed by atoms with E-state index in [1.165, 1.54) is 6.26 Å². The molecule has 21 heavy (non-hydrogen) atoms. The third-order valence-electron chi connectivity index (χ3n) is 2.85. The quantitative estimate of drug-likeness (QED) is 0.442. The van der Waals surface area contributed by atoms with Crippen molar-refractivity contribution < 1.29 is 13.2 Å². The summed E-state index contributed by atoms with van der Waals surface area (Å²) in [6.07, 6.45) is 1.79. The Morgan fingerprint density at radius 3 is 2.62 bits per heavy atom. The summed E-state index contributed by atoms with van der Waals surface area (Å²) in [7, 11) is 0.401. The Labute approximate surface area is 126 Å². The van der Waals surface area contributed by atoms with Gasteiger partial charge in [-0.05, 0) is 12.5 Å². The lowest BCUT2D eigenvalue weighted by molar-refractivity contribution is 0.409. The lowest BCUT2D eigenvalue weighted by atomic mass is 10.2. The Hall–Kier alpha value is -1.76. The van der Waals surface area contributed by atoms with Crippen LogP contribution in [0.4, 0.5) is 0 Å². The summed E-state index contributed by atoms with van der Waals surface area (Å²) >= 11 is 0. The number of para-hydroxylation sites is 1. The van der Waals surface area contributed by atoms with Gasteiger partial charge in [-0.1, -0.05) is 18.2 Å². The SMILES string of the molecule is CN=C(NCCCS(C)(=O)=O)NCc1ccccc1OC. The third-order valence-corrected chi connectivity index (χ3v) is 3.88. The van der Waals surface area contributed by atoms with Crippen LogP contribution in [0.15, 0.2) is 29.3 Å². The highest BCUT2D eigenvalue weighted by molar-refractivity contribution is 7.90. The number of benzene rings is 1. The van der Waals surface area contributed by atoms with Crippen molar-refractivity contribution in [2.75, 3.05) is 32.7 Å². The van der Waals surface area contributed by atoms with E-state index >= 15 is 0 Å². The summed E-state index contributed by atoms with van der Waals surface area (Å²) in [5.41, 5.74) is 1.03. The number of ether oxygens (including phenoxy) is 1. The molecule has 0 aromatic heterocycles. The van der Waals surface area contributed by atoms with Crippen LogP contribution in [0.2, 0.25) is 0 Å². The Morgan fingerprint density at radius 2 is 2.00 bits per heavy atom. The molecular weight excluding hydrogens is 290 g/mol. The molecule has 0 aliphatic rings. The van der Waals surface area contributed by atoms with Crippen LogP contribution in [-0.2, 0) is 16.4 Å². The zero-order valence-corrected chi connectivity index (χ0v) is 13.5. The standard InChI is InChI=1S/C14H23N3O3S/c1-15-14(16-9-6-10-21(3,18)19)17-11-12-7-4-5-8-13(12)20-2/h4-5,7-8H,6,9-11H2,1-3H3,(H2,15,16,17). The van der Waals surface area contributed by atoms with E-state index < -0.39 is 9.84 Å². The van der Waals surface area contributed by atoms with Gasteiger partial charge in [-0.15, -0.1) is 0 Å². The van der Waals surface area contributed by atoms with Crippen molar-refractivity contribution in [2.24, 2.45) is 4.99 Å². The second kappa shape index (κ2) is 8.51. The highest BCUT2D eigenvalue weighted by Crippen LogP contribution is 2.16. The summed E-state index contributed by atoms with van der Waals surface area (Å²) in [6, 6.07) is 7.74. The number of sulfone groups is 1. The van der Waals surface area contributed by atoms with E-state index in [0.717, 1.165) is 11.3 Å². The third kappa shape index (κ3) is 6.99. The van der Waals surface area contributed by atoms with Crippen molar-refractivity contribution in [3.05, 3.63) is 29.8 Å². The Kier molecular flexibility index (Phi) is 7.01. The fourth-order valence-electron chi connectivity index (χ4n) is 1.79. The predicted octanol–water partition coefficient (Wildman–Crippen LogP) is 0.795. The normalized spacial score (nSPS) is 12.0. The molecule has 1 aromatic carbocycles. The fraction of sp³-hybridized carbons (Fsp3) is 0.500. The highest BCUT2D eigenvalue weighted by atomic mass is 32.2. The molecule has 2 N–H and O–H groups in total. The van der Waals surface area contributed by atoms with Crippen LogP contribution in [0.5, 0.6) is 5.75 Å². The summed E-state index contributed by atoms with van der Waals surface area (Å²) in [5.74, 6) is 1.62. The van der Waals surface area contributed by atoms with Gasteiger partial charge in [-0.2, -0.15) is 0 Å². The van der Waals surface area contributed by atoms with Crippen LogP contribution in [0, 0.1) is 0 Å². The van der Waals surface area contributed by atoms with Crippen molar-refractivity contribution in [3.8, 4) is 5.75 Å². The minimum Gasteiger partial charge on any atom is -0.496 e. The van der Waals surface area contributed by atoms with E-state index in [1.807, 2.05) is 24.3 Å². The molecule has 0 saturated heterocycles. The lowest BCUT2D eigenvalue weighted by Crippen LogP contribution is -2.37. The summed E-state index contributed by atoms with van der Waals surface area (Å²) < 4.78 is 27.4. The lowest BCUT2D eigenvalue weighted by Gasteiger charge is -2.13. The van der Waals surface area contributed by atoms with E-state index in [1.54, 1.807) is 14.2 Å². The largest absolute Gasteiger partial charge is 0.496 e. The topological polar surface area (TPSA) is 79.8 Å². The Bertz CT molecular complexity index is 571. The smallest absolute Gasteiger partial charge is 0.191 e. The van der Waals surface area contributed by atoms with Crippen LogP contribution in [0.25, 0.3) is 0 Å². The molecule has 0 unspecified atom stereocenters. The molecule has 0 bridgehead atoms. The molecule has 0 atom stereocenters. The number of rotatable bonds is 7. The molecule has 6 nitrogen and oxygen atoms in total. The highest BCUT2D eigenvalue weighted by Gasteiger charge is 2.04. The van der Waals surface area contributed by atoms with Crippen LogP contribution in [0.3, 0.4) is 0 Å². The van der Waals surface area contributed by atoms with Crippen molar-refractivity contribution in [1.29, 1.82) is 0 Å². The minimum atomic E-state index is -2.91. The van der Waals surface area contributed by atoms with Crippen LogP contribution < -0.4 is 15.4 Å². The summed E-state index contributed by atoms with van der Waals surface area (Å²) in [4.78, 5) is 4.10. The monoisotopic (exact) mass is 313 g/mol. The van der Waals surface area contributed by atoms with Gasteiger partial charge in [0, 0.05) is 32.0 Å². The second-order valence-electron chi connectivity index (χ2n) is 4.65. The van der Waals surface area contributed by atoms with Gasteiger partial charge in [0.2, 0.25) is 0 Å². The number of nitrogens with one attached hydrogen (secondary N) is 2. The van der Waals surface area contributed by atoms with E-state index in [4.69, 9.17) is 4.74 Å². The van der Waals surface area contributed by atoms with Crippen molar-refractivity contribution in [3.63, 3.8) is 0 Å². The molecule has 0 saturated carbocycles. The Balaban J connectivity index is 2.41. The first-order valence-electron chi connectivity index (χ1n) is 6.70. The predicted molar refractivity (Wildman–Crippen MR) is 85.5 cm³/mol.